The topological polar surface area (TPSA) is 117 Å². The SMILES string of the molecule is O=C(NCC[S+]([O-])CCOc1cc(C(F)(F)F)cc(Cl)n1)c1cc([N+](=O)[O-])ccc1Cl. The number of carbonyl (C=O) groups excluding carboxylic acids is 1. The highest BCUT2D eigenvalue weighted by Crippen LogP contribution is 2.32. The third-order valence-corrected chi connectivity index (χ3v) is 5.48. The van der Waals surface area contributed by atoms with E-state index in [-0.39, 0.29) is 46.8 Å². The molecule has 1 atom stereocenters. The Bertz CT molecular complexity index is 965. The number of ether oxygens (including phenoxy) is 1. The highest BCUT2D eigenvalue weighted by atomic mass is 35.5. The normalized spacial score (nSPS) is 12.3. The van der Waals surface area contributed by atoms with Gasteiger partial charge in [0.1, 0.15) is 23.3 Å². The molecule has 14 heteroatoms. The Morgan fingerprint density at radius 2 is 1.94 bits per heavy atom. The Morgan fingerprint density at radius 1 is 1.23 bits per heavy atom. The second-order valence-electron chi connectivity index (χ2n) is 5.89. The molecule has 1 amide bonds. The van der Waals surface area contributed by atoms with Gasteiger partial charge in [0.15, 0.2) is 0 Å². The number of nitrogens with zero attached hydrogens (tertiary/aromatic N) is 2. The van der Waals surface area contributed by atoms with Gasteiger partial charge >= 0.3 is 6.18 Å². The molecule has 0 fully saturated rings. The number of pyridine rings is 1. The molecule has 8 nitrogen and oxygen atoms in total. The number of rotatable bonds is 9. The summed E-state index contributed by atoms with van der Waals surface area (Å²) in [4.78, 5) is 25.8. The van der Waals surface area contributed by atoms with Crippen molar-refractivity contribution < 1.29 is 32.2 Å². The Hall–Kier alpha value is -2.28. The smallest absolute Gasteiger partial charge is 0.416 e. The molecule has 2 rings (SSSR count). The molecule has 1 aromatic heterocycles. The average molecular weight is 500 g/mol. The van der Waals surface area contributed by atoms with Gasteiger partial charge in [0.2, 0.25) is 5.88 Å². The minimum Gasteiger partial charge on any atom is -0.616 e. The van der Waals surface area contributed by atoms with Gasteiger partial charge < -0.3 is 14.6 Å². The maximum Gasteiger partial charge on any atom is 0.416 e. The first-order valence-electron chi connectivity index (χ1n) is 8.42. The summed E-state index contributed by atoms with van der Waals surface area (Å²) >= 11 is 9.94. The number of halogens is 5. The number of nitro groups is 1. The van der Waals surface area contributed by atoms with Crippen LogP contribution in [0.25, 0.3) is 0 Å². The molecule has 0 saturated heterocycles. The lowest BCUT2D eigenvalue weighted by atomic mass is 10.2. The Kier molecular flexibility index (Phi) is 8.74. The lowest BCUT2D eigenvalue weighted by molar-refractivity contribution is -0.384. The maximum absolute atomic E-state index is 12.7. The van der Waals surface area contributed by atoms with E-state index in [0.717, 1.165) is 12.1 Å². The van der Waals surface area contributed by atoms with Gasteiger partial charge in [-0.05, 0) is 23.3 Å². The van der Waals surface area contributed by atoms with Crippen LogP contribution in [0.15, 0.2) is 30.3 Å². The molecule has 2 aromatic rings. The van der Waals surface area contributed by atoms with Crippen LogP contribution in [0.1, 0.15) is 15.9 Å². The fraction of sp³-hybridized carbons (Fsp3) is 0.294. The first-order chi connectivity index (χ1) is 14.5. The second kappa shape index (κ2) is 10.8. The number of benzene rings is 1. The molecule has 1 unspecified atom stereocenters. The van der Waals surface area contributed by atoms with Gasteiger partial charge in [0.05, 0.1) is 27.6 Å². The van der Waals surface area contributed by atoms with Crippen molar-refractivity contribution >= 4 is 46.0 Å². The summed E-state index contributed by atoms with van der Waals surface area (Å²) < 4.78 is 55.3. The quantitative estimate of drug-likeness (QED) is 0.242. The van der Waals surface area contributed by atoms with Crippen LogP contribution in [0.5, 0.6) is 5.88 Å². The molecular formula is C17H14Cl2F3N3O5S. The van der Waals surface area contributed by atoms with Crippen LogP contribution in [0.3, 0.4) is 0 Å². The van der Waals surface area contributed by atoms with Crippen LogP contribution in [0.2, 0.25) is 10.2 Å². The molecule has 0 aliphatic heterocycles. The van der Waals surface area contributed by atoms with Gasteiger partial charge in [-0.1, -0.05) is 23.2 Å². The highest BCUT2D eigenvalue weighted by Gasteiger charge is 2.31. The number of carbonyl (C=O) groups is 1. The fourth-order valence-corrected chi connectivity index (χ4v) is 3.43. The summed E-state index contributed by atoms with van der Waals surface area (Å²) in [7, 11) is 0. The summed E-state index contributed by atoms with van der Waals surface area (Å²) in [5.41, 5.74) is -1.43. The van der Waals surface area contributed by atoms with E-state index in [9.17, 15) is 32.6 Å². The summed E-state index contributed by atoms with van der Waals surface area (Å²) in [6.07, 6.45) is -4.62. The molecule has 0 aliphatic rings. The van der Waals surface area contributed by atoms with E-state index in [4.69, 9.17) is 27.9 Å². The van der Waals surface area contributed by atoms with Gasteiger partial charge in [0, 0.05) is 18.2 Å². The Labute approximate surface area is 187 Å². The monoisotopic (exact) mass is 499 g/mol. The third-order valence-electron chi connectivity index (χ3n) is 3.68. The van der Waals surface area contributed by atoms with E-state index in [1.807, 2.05) is 0 Å². The second-order valence-corrected chi connectivity index (χ2v) is 8.38. The van der Waals surface area contributed by atoms with Crippen LogP contribution in [-0.4, -0.2) is 45.0 Å². The number of amides is 1. The van der Waals surface area contributed by atoms with Crippen molar-refractivity contribution in [2.45, 2.75) is 6.18 Å². The standard InChI is InChI=1S/C17H14Cl2F3N3O5S/c18-13-2-1-11(25(27)28)9-12(13)16(26)23-3-5-31(29)6-4-30-15-8-10(17(20,21)22)7-14(19)24-15/h1-2,7-9H,3-6H2,(H,23,26). The molecule has 0 spiro atoms. The van der Waals surface area contributed by atoms with Crippen LogP contribution >= 0.6 is 23.2 Å². The lowest BCUT2D eigenvalue weighted by Crippen LogP contribution is -2.31. The molecule has 168 valence electrons. The van der Waals surface area contributed by atoms with E-state index in [1.54, 1.807) is 0 Å². The molecule has 1 N–H and O–H groups in total. The number of nitro benzene ring substituents is 1. The summed E-state index contributed by atoms with van der Waals surface area (Å²) in [5.74, 6) is -1.06. The lowest BCUT2D eigenvalue weighted by Gasteiger charge is -2.13. The van der Waals surface area contributed by atoms with E-state index < -0.39 is 38.9 Å². The van der Waals surface area contributed by atoms with Crippen molar-refractivity contribution in [1.82, 2.24) is 10.3 Å². The number of hydrogen-bond acceptors (Lipinski definition) is 6. The first-order valence-corrected chi connectivity index (χ1v) is 10.7. The predicted molar refractivity (Wildman–Crippen MR) is 108 cm³/mol. The number of non-ortho nitro benzene ring substituents is 1. The van der Waals surface area contributed by atoms with Crippen molar-refractivity contribution in [3.8, 4) is 5.88 Å². The fourth-order valence-electron chi connectivity index (χ4n) is 2.23. The van der Waals surface area contributed by atoms with Crippen LogP contribution in [0.4, 0.5) is 18.9 Å². The van der Waals surface area contributed by atoms with E-state index in [1.165, 1.54) is 6.07 Å². The van der Waals surface area contributed by atoms with E-state index in [2.05, 4.69) is 10.3 Å². The third kappa shape index (κ3) is 7.73. The van der Waals surface area contributed by atoms with Crippen molar-refractivity contribution in [2.75, 3.05) is 24.7 Å². The van der Waals surface area contributed by atoms with E-state index >= 15 is 0 Å². The summed E-state index contributed by atoms with van der Waals surface area (Å²) in [6, 6.07) is 4.73. The summed E-state index contributed by atoms with van der Waals surface area (Å²) in [5, 5.41) is 12.9. The van der Waals surface area contributed by atoms with Crippen molar-refractivity contribution in [3.63, 3.8) is 0 Å². The molecule has 1 aromatic carbocycles. The highest BCUT2D eigenvalue weighted by molar-refractivity contribution is 7.91. The van der Waals surface area contributed by atoms with Gasteiger partial charge in [-0.3, -0.25) is 14.9 Å². The molecule has 0 bridgehead atoms. The largest absolute Gasteiger partial charge is 0.616 e. The van der Waals surface area contributed by atoms with Gasteiger partial charge in [-0.15, -0.1) is 0 Å². The summed E-state index contributed by atoms with van der Waals surface area (Å²) in [6.45, 7) is -0.222. The number of nitrogens with one attached hydrogen (secondary N) is 1. The molecule has 0 aliphatic carbocycles. The predicted octanol–water partition coefficient (Wildman–Crippen LogP) is 3.87. The van der Waals surface area contributed by atoms with Gasteiger partial charge in [0.25, 0.3) is 11.6 Å². The molecular weight excluding hydrogens is 486 g/mol. The zero-order chi connectivity index (χ0) is 23.2. The molecule has 31 heavy (non-hydrogen) atoms. The zero-order valence-corrected chi connectivity index (χ0v) is 17.8. The zero-order valence-electron chi connectivity index (χ0n) is 15.4. The Balaban J connectivity index is 1.80. The van der Waals surface area contributed by atoms with Crippen molar-refractivity contribution in [2.24, 2.45) is 0 Å². The minimum absolute atomic E-state index is 0.0123. The minimum atomic E-state index is -4.62. The number of alkyl halides is 3. The Morgan fingerprint density at radius 3 is 2.58 bits per heavy atom. The average Bonchev–Trinajstić information content (AvgIpc) is 2.67. The molecule has 0 saturated carbocycles. The van der Waals surface area contributed by atoms with Crippen LogP contribution in [0, 0.1) is 10.1 Å². The van der Waals surface area contributed by atoms with Crippen molar-refractivity contribution in [3.05, 3.63) is 61.7 Å². The van der Waals surface area contributed by atoms with E-state index in [0.29, 0.717) is 12.1 Å². The van der Waals surface area contributed by atoms with Gasteiger partial charge in [-0.2, -0.15) is 13.2 Å². The molecule has 1 heterocycles. The molecule has 0 radical (unpaired) electrons. The first kappa shape index (κ1) is 25.0. The number of aromatic nitrogens is 1. The maximum atomic E-state index is 12.7. The van der Waals surface area contributed by atoms with Crippen molar-refractivity contribution in [1.29, 1.82) is 0 Å². The van der Waals surface area contributed by atoms with Crippen LogP contribution < -0.4 is 10.1 Å². The van der Waals surface area contributed by atoms with Gasteiger partial charge in [-0.25, -0.2) is 4.98 Å². The number of hydrogen-bond donors (Lipinski definition) is 1. The van der Waals surface area contributed by atoms with Crippen LogP contribution in [-0.2, 0) is 17.4 Å².